The van der Waals surface area contributed by atoms with Crippen LogP contribution in [0.15, 0.2) is 29.6 Å². The number of benzene rings is 1. The van der Waals surface area contributed by atoms with Crippen molar-refractivity contribution in [2.45, 2.75) is 18.9 Å². The summed E-state index contributed by atoms with van der Waals surface area (Å²) >= 11 is 7.31. The second kappa shape index (κ2) is 8.83. The number of anilines is 1. The van der Waals surface area contributed by atoms with Gasteiger partial charge in [0.2, 0.25) is 5.91 Å². The fraction of sp³-hybridized carbons (Fsp3) is 0.429. The van der Waals surface area contributed by atoms with Gasteiger partial charge >= 0.3 is 5.97 Å². The number of amides is 1. The summed E-state index contributed by atoms with van der Waals surface area (Å²) in [4.78, 5) is 29.9. The number of ether oxygens (including phenoxy) is 1. The van der Waals surface area contributed by atoms with E-state index in [-0.39, 0.29) is 5.91 Å². The summed E-state index contributed by atoms with van der Waals surface area (Å²) in [6.07, 6.45) is 2.45. The number of piperazine rings is 1. The van der Waals surface area contributed by atoms with Crippen molar-refractivity contribution < 1.29 is 14.3 Å². The molecule has 6 nitrogen and oxygen atoms in total. The number of fused-ring (bicyclic) bond motifs is 1. The SMILES string of the molecule is COC(=O)c1c(-c2ccc(Cl)cc2)csc1NC(=O)CN1CCN2CCCC2C1. The van der Waals surface area contributed by atoms with Gasteiger partial charge in [-0.3, -0.25) is 14.6 Å². The first-order chi connectivity index (χ1) is 14.0. The molecular weight excluding hydrogens is 410 g/mol. The highest BCUT2D eigenvalue weighted by Crippen LogP contribution is 2.36. The third kappa shape index (κ3) is 4.48. The molecule has 29 heavy (non-hydrogen) atoms. The molecule has 8 heteroatoms. The van der Waals surface area contributed by atoms with Gasteiger partial charge in [-0.15, -0.1) is 11.3 Å². The fourth-order valence-electron chi connectivity index (χ4n) is 4.16. The molecule has 0 bridgehead atoms. The Bertz CT molecular complexity index is 899. The van der Waals surface area contributed by atoms with Gasteiger partial charge in [0.1, 0.15) is 10.6 Å². The first-order valence-electron chi connectivity index (χ1n) is 9.77. The Labute approximate surface area is 179 Å². The Kier molecular flexibility index (Phi) is 6.20. The zero-order chi connectivity index (χ0) is 20.4. The summed E-state index contributed by atoms with van der Waals surface area (Å²) < 4.78 is 4.97. The second-order valence-corrected chi connectivity index (χ2v) is 8.78. The normalized spacial score (nSPS) is 19.7. The third-order valence-corrected chi connectivity index (χ3v) is 6.77. The molecule has 0 radical (unpaired) electrons. The summed E-state index contributed by atoms with van der Waals surface area (Å²) in [5, 5.41) is 5.94. The molecular formula is C21H24ClN3O3S. The Morgan fingerprint density at radius 2 is 2.03 bits per heavy atom. The summed E-state index contributed by atoms with van der Waals surface area (Å²) in [7, 11) is 1.35. The van der Waals surface area contributed by atoms with Crippen LogP contribution >= 0.6 is 22.9 Å². The molecule has 2 aliphatic heterocycles. The van der Waals surface area contributed by atoms with E-state index in [0.29, 0.717) is 28.2 Å². The van der Waals surface area contributed by atoms with Crippen LogP contribution in [-0.4, -0.2) is 67.6 Å². The smallest absolute Gasteiger partial charge is 0.341 e. The van der Waals surface area contributed by atoms with Crippen molar-refractivity contribution in [1.82, 2.24) is 9.80 Å². The molecule has 2 aliphatic rings. The lowest BCUT2D eigenvalue weighted by molar-refractivity contribution is -0.117. The predicted octanol–water partition coefficient (Wildman–Crippen LogP) is 3.57. The van der Waals surface area contributed by atoms with Crippen molar-refractivity contribution in [2.24, 2.45) is 0 Å². The Balaban J connectivity index is 1.48. The van der Waals surface area contributed by atoms with Crippen molar-refractivity contribution >= 4 is 39.8 Å². The zero-order valence-electron chi connectivity index (χ0n) is 16.3. The molecule has 1 N–H and O–H groups in total. The molecule has 0 aliphatic carbocycles. The van der Waals surface area contributed by atoms with E-state index in [4.69, 9.17) is 16.3 Å². The number of carbonyl (C=O) groups is 2. The quantitative estimate of drug-likeness (QED) is 0.730. The van der Waals surface area contributed by atoms with Crippen LogP contribution in [-0.2, 0) is 9.53 Å². The van der Waals surface area contributed by atoms with Gasteiger partial charge in [0.05, 0.1) is 13.7 Å². The van der Waals surface area contributed by atoms with E-state index in [1.807, 2.05) is 17.5 Å². The molecule has 2 aromatic rings. The molecule has 0 spiro atoms. The van der Waals surface area contributed by atoms with E-state index in [1.165, 1.54) is 37.8 Å². The molecule has 1 aromatic heterocycles. The number of esters is 1. The van der Waals surface area contributed by atoms with Gasteiger partial charge in [-0.2, -0.15) is 0 Å². The van der Waals surface area contributed by atoms with Gasteiger partial charge in [0.25, 0.3) is 0 Å². The van der Waals surface area contributed by atoms with Gasteiger partial charge in [-0.1, -0.05) is 23.7 Å². The van der Waals surface area contributed by atoms with E-state index in [1.54, 1.807) is 12.1 Å². The van der Waals surface area contributed by atoms with Crippen LogP contribution in [0.25, 0.3) is 11.1 Å². The van der Waals surface area contributed by atoms with Gasteiger partial charge in [-0.25, -0.2) is 4.79 Å². The van der Waals surface area contributed by atoms with Crippen molar-refractivity contribution in [3.8, 4) is 11.1 Å². The number of carbonyl (C=O) groups excluding carboxylic acids is 2. The molecule has 1 aromatic carbocycles. The summed E-state index contributed by atoms with van der Waals surface area (Å²) in [6.45, 7) is 4.35. The van der Waals surface area contributed by atoms with Crippen LogP contribution in [0, 0.1) is 0 Å². The first kappa shape index (κ1) is 20.3. The maximum atomic E-state index is 12.7. The number of nitrogens with zero attached hydrogens (tertiary/aromatic N) is 2. The average Bonchev–Trinajstić information content (AvgIpc) is 3.34. The van der Waals surface area contributed by atoms with Crippen molar-refractivity contribution in [3.05, 3.63) is 40.2 Å². The van der Waals surface area contributed by atoms with E-state index in [2.05, 4.69) is 15.1 Å². The second-order valence-electron chi connectivity index (χ2n) is 7.47. The number of halogens is 1. The number of nitrogens with one attached hydrogen (secondary N) is 1. The Morgan fingerprint density at radius 3 is 2.79 bits per heavy atom. The maximum absolute atomic E-state index is 12.7. The lowest BCUT2D eigenvalue weighted by Crippen LogP contribution is -2.51. The number of thiophene rings is 1. The summed E-state index contributed by atoms with van der Waals surface area (Å²) in [5.41, 5.74) is 1.96. The largest absolute Gasteiger partial charge is 0.465 e. The number of rotatable bonds is 5. The summed E-state index contributed by atoms with van der Waals surface area (Å²) in [5.74, 6) is -0.572. The molecule has 3 heterocycles. The lowest BCUT2D eigenvalue weighted by atomic mass is 10.0. The van der Waals surface area contributed by atoms with E-state index < -0.39 is 5.97 Å². The predicted molar refractivity (Wildman–Crippen MR) is 116 cm³/mol. The molecule has 154 valence electrons. The number of hydrogen-bond donors (Lipinski definition) is 1. The van der Waals surface area contributed by atoms with Crippen LogP contribution in [0.1, 0.15) is 23.2 Å². The molecule has 1 amide bonds. The molecule has 0 saturated carbocycles. The minimum Gasteiger partial charge on any atom is -0.465 e. The van der Waals surface area contributed by atoms with Gasteiger partial charge in [0.15, 0.2) is 0 Å². The van der Waals surface area contributed by atoms with Crippen LogP contribution in [0.5, 0.6) is 0 Å². The van der Waals surface area contributed by atoms with E-state index in [9.17, 15) is 9.59 Å². The Hall–Kier alpha value is -1.93. The fourth-order valence-corrected chi connectivity index (χ4v) is 5.26. The maximum Gasteiger partial charge on any atom is 0.341 e. The monoisotopic (exact) mass is 433 g/mol. The Morgan fingerprint density at radius 1 is 1.24 bits per heavy atom. The van der Waals surface area contributed by atoms with Crippen molar-refractivity contribution in [2.75, 3.05) is 45.2 Å². The highest BCUT2D eigenvalue weighted by molar-refractivity contribution is 7.15. The molecule has 1 unspecified atom stereocenters. The minimum absolute atomic E-state index is 0.105. The highest BCUT2D eigenvalue weighted by atomic mass is 35.5. The van der Waals surface area contributed by atoms with Crippen LogP contribution in [0.2, 0.25) is 5.02 Å². The van der Waals surface area contributed by atoms with E-state index >= 15 is 0 Å². The zero-order valence-corrected chi connectivity index (χ0v) is 17.9. The standard InChI is InChI=1S/C21H24ClN3O3S/c1-28-21(27)19-17(14-4-6-15(22)7-5-14)13-29-20(19)23-18(26)12-24-9-10-25-8-2-3-16(25)11-24/h4-7,13,16H,2-3,8-12H2,1H3,(H,23,26). The minimum atomic E-state index is -0.467. The van der Waals surface area contributed by atoms with Crippen LogP contribution in [0.3, 0.4) is 0 Å². The molecule has 2 fully saturated rings. The van der Waals surface area contributed by atoms with Crippen molar-refractivity contribution in [1.29, 1.82) is 0 Å². The van der Waals surface area contributed by atoms with Crippen LogP contribution < -0.4 is 5.32 Å². The summed E-state index contributed by atoms with van der Waals surface area (Å²) in [6, 6.07) is 7.82. The van der Waals surface area contributed by atoms with Gasteiger partial charge in [0, 0.05) is 41.6 Å². The van der Waals surface area contributed by atoms with Crippen molar-refractivity contribution in [3.63, 3.8) is 0 Å². The molecule has 2 saturated heterocycles. The molecule has 1 atom stereocenters. The van der Waals surface area contributed by atoms with Gasteiger partial charge in [-0.05, 0) is 37.1 Å². The number of hydrogen-bond acceptors (Lipinski definition) is 6. The highest BCUT2D eigenvalue weighted by Gasteiger charge is 2.31. The molecule has 4 rings (SSSR count). The van der Waals surface area contributed by atoms with E-state index in [0.717, 1.165) is 30.8 Å². The third-order valence-electron chi connectivity index (χ3n) is 5.63. The topological polar surface area (TPSA) is 61.9 Å². The van der Waals surface area contributed by atoms with Crippen LogP contribution in [0.4, 0.5) is 5.00 Å². The first-order valence-corrected chi connectivity index (χ1v) is 11.0. The van der Waals surface area contributed by atoms with Gasteiger partial charge < -0.3 is 10.1 Å². The number of methoxy groups -OCH3 is 1. The lowest BCUT2D eigenvalue weighted by Gasteiger charge is -2.37. The average molecular weight is 434 g/mol.